The molecular weight excluding hydrogens is 257 g/mol. The second-order valence-corrected chi connectivity index (χ2v) is 4.45. The minimum absolute atomic E-state index is 0.178. The Morgan fingerprint density at radius 1 is 1.20 bits per heavy atom. The summed E-state index contributed by atoms with van der Waals surface area (Å²) in [5.41, 5.74) is 2.75. The average Bonchev–Trinajstić information content (AvgIpc) is 2.76. The quantitative estimate of drug-likeness (QED) is 0.849. The van der Waals surface area contributed by atoms with Crippen LogP contribution in [-0.4, -0.2) is 13.0 Å². The van der Waals surface area contributed by atoms with Crippen LogP contribution in [0.25, 0.3) is 11.6 Å². The molecule has 3 rings (SSSR count). The number of rotatable bonds is 2. The SMILES string of the molecule is COc1ccc(/C=C2\C(=O)Nc3ccccc32)cc1F. The van der Waals surface area contributed by atoms with Gasteiger partial charge in [0.05, 0.1) is 7.11 Å². The van der Waals surface area contributed by atoms with Crippen molar-refractivity contribution in [2.45, 2.75) is 0 Å². The molecule has 1 amide bonds. The van der Waals surface area contributed by atoms with Crippen molar-refractivity contribution in [1.82, 2.24) is 0 Å². The zero-order valence-corrected chi connectivity index (χ0v) is 10.8. The Labute approximate surface area is 115 Å². The molecule has 1 aliphatic heterocycles. The number of benzene rings is 2. The van der Waals surface area contributed by atoms with Crippen molar-refractivity contribution in [2.75, 3.05) is 12.4 Å². The van der Waals surface area contributed by atoms with Crippen LogP contribution < -0.4 is 10.1 Å². The summed E-state index contributed by atoms with van der Waals surface area (Å²) in [5, 5.41) is 2.78. The molecule has 0 aliphatic carbocycles. The van der Waals surface area contributed by atoms with Crippen LogP contribution in [0, 0.1) is 5.82 Å². The Morgan fingerprint density at radius 2 is 2.00 bits per heavy atom. The largest absolute Gasteiger partial charge is 0.494 e. The summed E-state index contributed by atoms with van der Waals surface area (Å²) in [6.45, 7) is 0. The van der Waals surface area contributed by atoms with Gasteiger partial charge in [0.1, 0.15) is 0 Å². The summed E-state index contributed by atoms with van der Waals surface area (Å²) >= 11 is 0. The van der Waals surface area contributed by atoms with Crippen molar-refractivity contribution in [3.8, 4) is 5.75 Å². The van der Waals surface area contributed by atoms with Gasteiger partial charge in [0, 0.05) is 16.8 Å². The van der Waals surface area contributed by atoms with E-state index in [4.69, 9.17) is 4.74 Å². The first kappa shape index (κ1) is 12.4. The fourth-order valence-corrected chi connectivity index (χ4v) is 2.22. The van der Waals surface area contributed by atoms with E-state index in [2.05, 4.69) is 5.32 Å². The van der Waals surface area contributed by atoms with Gasteiger partial charge in [-0.3, -0.25) is 4.79 Å². The molecule has 0 saturated heterocycles. The maximum absolute atomic E-state index is 13.7. The van der Waals surface area contributed by atoms with E-state index >= 15 is 0 Å². The zero-order chi connectivity index (χ0) is 14.1. The second kappa shape index (κ2) is 4.81. The minimum atomic E-state index is -0.450. The van der Waals surface area contributed by atoms with Crippen molar-refractivity contribution in [3.63, 3.8) is 0 Å². The third kappa shape index (κ3) is 2.05. The van der Waals surface area contributed by atoms with E-state index in [1.165, 1.54) is 13.2 Å². The van der Waals surface area contributed by atoms with Gasteiger partial charge in [0.25, 0.3) is 5.91 Å². The maximum Gasteiger partial charge on any atom is 0.256 e. The highest BCUT2D eigenvalue weighted by Gasteiger charge is 2.23. The first-order valence-electron chi connectivity index (χ1n) is 6.15. The number of methoxy groups -OCH3 is 1. The fraction of sp³-hybridized carbons (Fsp3) is 0.0625. The lowest BCUT2D eigenvalue weighted by atomic mass is 10.0. The van der Waals surface area contributed by atoms with Crippen LogP contribution in [0.3, 0.4) is 0 Å². The molecule has 1 N–H and O–H groups in total. The summed E-state index contributed by atoms with van der Waals surface area (Å²) in [5.74, 6) is -0.445. The minimum Gasteiger partial charge on any atom is -0.494 e. The molecule has 1 aliphatic rings. The summed E-state index contributed by atoms with van der Waals surface area (Å²) < 4.78 is 18.5. The van der Waals surface area contributed by atoms with E-state index < -0.39 is 5.82 Å². The van der Waals surface area contributed by atoms with Crippen LogP contribution in [0.15, 0.2) is 42.5 Å². The van der Waals surface area contributed by atoms with Crippen LogP contribution in [0.4, 0.5) is 10.1 Å². The standard InChI is InChI=1S/C16H12FNO2/c1-20-15-7-6-10(9-13(15)17)8-12-11-4-2-3-5-14(11)18-16(12)19/h2-9H,1H3,(H,18,19)/b12-8-. The molecule has 2 aromatic carbocycles. The predicted molar refractivity (Wildman–Crippen MR) is 75.9 cm³/mol. The molecule has 0 radical (unpaired) electrons. The molecule has 20 heavy (non-hydrogen) atoms. The normalized spacial score (nSPS) is 15.1. The number of carbonyl (C=O) groups excluding carboxylic acids is 1. The molecule has 0 atom stereocenters. The Bertz CT molecular complexity index is 722. The first-order chi connectivity index (χ1) is 9.69. The van der Waals surface area contributed by atoms with Crippen LogP contribution >= 0.6 is 0 Å². The number of ether oxygens (including phenoxy) is 1. The monoisotopic (exact) mass is 269 g/mol. The number of anilines is 1. The number of hydrogen-bond donors (Lipinski definition) is 1. The zero-order valence-electron chi connectivity index (χ0n) is 10.8. The van der Waals surface area contributed by atoms with Gasteiger partial charge in [-0.25, -0.2) is 4.39 Å². The van der Waals surface area contributed by atoms with E-state index in [1.807, 2.05) is 24.3 Å². The molecular formula is C16H12FNO2. The van der Waals surface area contributed by atoms with Gasteiger partial charge in [0.15, 0.2) is 11.6 Å². The van der Waals surface area contributed by atoms with Gasteiger partial charge in [-0.1, -0.05) is 24.3 Å². The number of carbonyl (C=O) groups is 1. The molecule has 100 valence electrons. The van der Waals surface area contributed by atoms with Gasteiger partial charge < -0.3 is 10.1 Å². The summed E-state index contributed by atoms with van der Waals surface area (Å²) in [6.07, 6.45) is 1.67. The Kier molecular flexibility index (Phi) is 2.99. The smallest absolute Gasteiger partial charge is 0.256 e. The third-order valence-electron chi connectivity index (χ3n) is 3.20. The average molecular weight is 269 g/mol. The van der Waals surface area contributed by atoms with Gasteiger partial charge in [-0.2, -0.15) is 0 Å². The molecule has 2 aromatic rings. The topological polar surface area (TPSA) is 38.3 Å². The van der Waals surface area contributed by atoms with E-state index in [0.717, 1.165) is 11.3 Å². The van der Waals surface area contributed by atoms with Gasteiger partial charge >= 0.3 is 0 Å². The van der Waals surface area contributed by atoms with Gasteiger partial charge in [-0.15, -0.1) is 0 Å². The highest BCUT2D eigenvalue weighted by Crippen LogP contribution is 2.33. The molecule has 0 bridgehead atoms. The van der Waals surface area contributed by atoms with Crippen LogP contribution in [-0.2, 0) is 4.79 Å². The first-order valence-corrected chi connectivity index (χ1v) is 6.15. The van der Waals surface area contributed by atoms with E-state index in [0.29, 0.717) is 11.1 Å². The molecule has 0 saturated carbocycles. The lowest BCUT2D eigenvalue weighted by Gasteiger charge is -2.03. The third-order valence-corrected chi connectivity index (χ3v) is 3.20. The van der Waals surface area contributed by atoms with Crippen molar-refractivity contribution < 1.29 is 13.9 Å². The Morgan fingerprint density at radius 3 is 2.75 bits per heavy atom. The van der Waals surface area contributed by atoms with E-state index in [-0.39, 0.29) is 11.7 Å². The highest BCUT2D eigenvalue weighted by atomic mass is 19.1. The van der Waals surface area contributed by atoms with Crippen LogP contribution in [0.5, 0.6) is 5.75 Å². The van der Waals surface area contributed by atoms with E-state index in [9.17, 15) is 9.18 Å². The predicted octanol–water partition coefficient (Wildman–Crippen LogP) is 3.33. The van der Waals surface area contributed by atoms with Crippen molar-refractivity contribution in [3.05, 3.63) is 59.4 Å². The number of hydrogen-bond acceptors (Lipinski definition) is 2. The lowest BCUT2D eigenvalue weighted by molar-refractivity contribution is -0.110. The fourth-order valence-electron chi connectivity index (χ4n) is 2.22. The van der Waals surface area contributed by atoms with Gasteiger partial charge in [-0.05, 0) is 29.8 Å². The maximum atomic E-state index is 13.7. The molecule has 3 nitrogen and oxygen atoms in total. The number of halogens is 1. The number of para-hydroxylation sites is 1. The van der Waals surface area contributed by atoms with Crippen LogP contribution in [0.2, 0.25) is 0 Å². The Balaban J connectivity index is 2.04. The number of nitrogens with one attached hydrogen (secondary N) is 1. The molecule has 0 fully saturated rings. The molecule has 0 aromatic heterocycles. The van der Waals surface area contributed by atoms with Crippen molar-refractivity contribution in [2.24, 2.45) is 0 Å². The van der Waals surface area contributed by atoms with E-state index in [1.54, 1.807) is 18.2 Å². The van der Waals surface area contributed by atoms with Gasteiger partial charge in [0.2, 0.25) is 0 Å². The van der Waals surface area contributed by atoms with Crippen molar-refractivity contribution >= 4 is 23.2 Å². The number of fused-ring (bicyclic) bond motifs is 1. The molecule has 0 spiro atoms. The number of amides is 1. The molecule has 0 unspecified atom stereocenters. The molecule has 4 heteroatoms. The highest BCUT2D eigenvalue weighted by molar-refractivity contribution is 6.34. The lowest BCUT2D eigenvalue weighted by Crippen LogP contribution is -2.03. The summed E-state index contributed by atoms with van der Waals surface area (Å²) in [4.78, 5) is 11.9. The summed E-state index contributed by atoms with van der Waals surface area (Å²) in [6, 6.07) is 12.0. The second-order valence-electron chi connectivity index (χ2n) is 4.45. The van der Waals surface area contributed by atoms with Crippen molar-refractivity contribution in [1.29, 1.82) is 0 Å². The molecule has 1 heterocycles. The van der Waals surface area contributed by atoms with Crippen LogP contribution in [0.1, 0.15) is 11.1 Å². The summed E-state index contributed by atoms with van der Waals surface area (Å²) in [7, 11) is 1.41. The Hall–Kier alpha value is -2.62.